The maximum atomic E-state index is 2.89. The van der Waals surface area contributed by atoms with E-state index < -0.39 is 0 Å². The van der Waals surface area contributed by atoms with Crippen LogP contribution in [0.1, 0.15) is 115 Å². The standard InChI is InChI=1S/C23H48N2/c1-13-18(4)24-20(6,7)16-21(8,9)25(19(5)14-2)23(12,15-3)17-22(24,10)11/h18-19H,13-17H2,1-12H3. The highest BCUT2D eigenvalue weighted by Gasteiger charge is 2.53. The minimum absolute atomic E-state index is 0.184. The first-order valence-electron chi connectivity index (χ1n) is 10.8. The molecule has 1 rings (SSSR count). The average molecular weight is 353 g/mol. The summed E-state index contributed by atoms with van der Waals surface area (Å²) in [4.78, 5) is 5.74. The molecule has 1 aliphatic rings. The first-order chi connectivity index (χ1) is 11.2. The van der Waals surface area contributed by atoms with Crippen LogP contribution >= 0.6 is 0 Å². The fourth-order valence-corrected chi connectivity index (χ4v) is 6.86. The summed E-state index contributed by atoms with van der Waals surface area (Å²) in [5.41, 5.74) is 0.783. The zero-order valence-electron chi connectivity index (χ0n) is 19.6. The summed E-state index contributed by atoms with van der Waals surface area (Å²) >= 11 is 0. The van der Waals surface area contributed by atoms with Gasteiger partial charge in [-0.15, -0.1) is 0 Å². The zero-order valence-corrected chi connectivity index (χ0v) is 19.6. The van der Waals surface area contributed by atoms with Crippen molar-refractivity contribution in [1.82, 2.24) is 9.80 Å². The lowest BCUT2D eigenvalue weighted by Crippen LogP contribution is -2.71. The van der Waals surface area contributed by atoms with Crippen LogP contribution in [0.25, 0.3) is 0 Å². The molecule has 3 atom stereocenters. The van der Waals surface area contributed by atoms with Crippen LogP contribution < -0.4 is 0 Å². The van der Waals surface area contributed by atoms with E-state index in [1.165, 1.54) is 32.1 Å². The van der Waals surface area contributed by atoms with Gasteiger partial charge in [-0.05, 0) is 94.4 Å². The van der Waals surface area contributed by atoms with Gasteiger partial charge in [-0.1, -0.05) is 20.8 Å². The minimum Gasteiger partial charge on any atom is -0.290 e. The van der Waals surface area contributed by atoms with E-state index in [1.54, 1.807) is 0 Å². The Labute approximate surface area is 159 Å². The SMILES string of the molecule is CCC(C)N1C(C)(C)CC(C)(C)N(C(C)CC)C(C)(CC)CC1(C)C. The van der Waals surface area contributed by atoms with Gasteiger partial charge in [-0.2, -0.15) is 0 Å². The molecule has 150 valence electrons. The van der Waals surface area contributed by atoms with E-state index >= 15 is 0 Å². The third-order valence-electron chi connectivity index (χ3n) is 7.04. The molecule has 0 amide bonds. The Bertz CT molecular complexity index is 435. The van der Waals surface area contributed by atoms with Crippen molar-refractivity contribution in [2.45, 2.75) is 149 Å². The molecule has 1 aliphatic heterocycles. The molecule has 1 fully saturated rings. The summed E-state index contributed by atoms with van der Waals surface area (Å²) in [6.07, 6.45) is 6.06. The Balaban J connectivity index is 3.57. The van der Waals surface area contributed by atoms with Crippen molar-refractivity contribution in [3.05, 3.63) is 0 Å². The van der Waals surface area contributed by atoms with Gasteiger partial charge in [0.25, 0.3) is 0 Å². The quantitative estimate of drug-likeness (QED) is 0.558. The first kappa shape index (κ1) is 23.0. The van der Waals surface area contributed by atoms with Crippen LogP contribution in [0.2, 0.25) is 0 Å². The monoisotopic (exact) mass is 352 g/mol. The third kappa shape index (κ3) is 4.43. The molecule has 25 heavy (non-hydrogen) atoms. The van der Waals surface area contributed by atoms with Gasteiger partial charge >= 0.3 is 0 Å². The highest BCUT2D eigenvalue weighted by atomic mass is 15.3. The third-order valence-corrected chi connectivity index (χ3v) is 7.04. The van der Waals surface area contributed by atoms with E-state index in [2.05, 4.69) is 92.9 Å². The maximum Gasteiger partial charge on any atom is 0.0204 e. The summed E-state index contributed by atoms with van der Waals surface area (Å²) in [7, 11) is 0. The van der Waals surface area contributed by atoms with Gasteiger partial charge < -0.3 is 0 Å². The number of hydrogen-bond acceptors (Lipinski definition) is 2. The van der Waals surface area contributed by atoms with Crippen molar-refractivity contribution in [3.8, 4) is 0 Å². The average Bonchev–Trinajstić information content (AvgIpc) is 2.42. The van der Waals surface area contributed by atoms with Crippen LogP contribution in [-0.2, 0) is 0 Å². The second kappa shape index (κ2) is 7.50. The molecule has 2 heteroatoms. The van der Waals surface area contributed by atoms with Crippen LogP contribution in [-0.4, -0.2) is 44.0 Å². The summed E-state index contributed by atoms with van der Waals surface area (Å²) in [5.74, 6) is 0. The van der Waals surface area contributed by atoms with E-state index in [0.29, 0.717) is 12.1 Å². The second-order valence-corrected chi connectivity index (χ2v) is 10.9. The minimum atomic E-state index is 0.184. The Morgan fingerprint density at radius 1 is 0.640 bits per heavy atom. The number of nitrogens with zero attached hydrogens (tertiary/aromatic N) is 2. The van der Waals surface area contributed by atoms with Crippen molar-refractivity contribution in [1.29, 1.82) is 0 Å². The van der Waals surface area contributed by atoms with E-state index in [1.807, 2.05) is 0 Å². The molecule has 0 aliphatic carbocycles. The van der Waals surface area contributed by atoms with E-state index in [0.717, 1.165) is 0 Å². The summed E-state index contributed by atoms with van der Waals surface area (Å²) in [6, 6.07) is 1.22. The smallest absolute Gasteiger partial charge is 0.0204 e. The van der Waals surface area contributed by atoms with Crippen molar-refractivity contribution >= 4 is 0 Å². The van der Waals surface area contributed by atoms with Crippen LogP contribution in [0.4, 0.5) is 0 Å². The molecule has 0 aromatic rings. The molecule has 0 aromatic heterocycles. The molecule has 1 saturated heterocycles. The predicted octanol–water partition coefficient (Wildman–Crippen LogP) is 6.49. The molecule has 0 radical (unpaired) electrons. The Kier molecular flexibility index (Phi) is 6.89. The zero-order chi connectivity index (χ0) is 19.8. The van der Waals surface area contributed by atoms with Crippen molar-refractivity contribution < 1.29 is 0 Å². The van der Waals surface area contributed by atoms with Gasteiger partial charge in [-0.3, -0.25) is 9.80 Å². The Morgan fingerprint density at radius 2 is 1.00 bits per heavy atom. The van der Waals surface area contributed by atoms with Crippen molar-refractivity contribution in [2.24, 2.45) is 0 Å². The number of hydrogen-bond donors (Lipinski definition) is 0. The molecule has 0 saturated carbocycles. The van der Waals surface area contributed by atoms with E-state index in [-0.39, 0.29) is 22.2 Å². The predicted molar refractivity (Wildman–Crippen MR) is 113 cm³/mol. The lowest BCUT2D eigenvalue weighted by atomic mass is 9.70. The molecule has 0 bridgehead atoms. The highest BCUT2D eigenvalue weighted by Crippen LogP contribution is 2.48. The van der Waals surface area contributed by atoms with Gasteiger partial charge in [0.1, 0.15) is 0 Å². The fourth-order valence-electron chi connectivity index (χ4n) is 6.86. The van der Waals surface area contributed by atoms with Crippen LogP contribution in [0, 0.1) is 0 Å². The Morgan fingerprint density at radius 3 is 1.40 bits per heavy atom. The second-order valence-electron chi connectivity index (χ2n) is 10.9. The maximum absolute atomic E-state index is 2.89. The highest BCUT2D eigenvalue weighted by molar-refractivity contribution is 5.09. The van der Waals surface area contributed by atoms with E-state index in [9.17, 15) is 0 Å². The first-order valence-corrected chi connectivity index (χ1v) is 10.8. The van der Waals surface area contributed by atoms with Crippen LogP contribution in [0.15, 0.2) is 0 Å². The van der Waals surface area contributed by atoms with Gasteiger partial charge in [0, 0.05) is 34.2 Å². The molecule has 3 unspecified atom stereocenters. The van der Waals surface area contributed by atoms with Gasteiger partial charge in [-0.25, -0.2) is 0 Å². The molecule has 0 N–H and O–H groups in total. The lowest BCUT2D eigenvalue weighted by Gasteiger charge is -2.64. The normalized spacial score (nSPS) is 32.6. The molecule has 0 spiro atoms. The van der Waals surface area contributed by atoms with Crippen LogP contribution in [0.5, 0.6) is 0 Å². The summed E-state index contributed by atoms with van der Waals surface area (Å²) in [5, 5.41) is 0. The summed E-state index contributed by atoms with van der Waals surface area (Å²) < 4.78 is 0. The molecule has 0 aromatic carbocycles. The van der Waals surface area contributed by atoms with Crippen molar-refractivity contribution in [3.63, 3.8) is 0 Å². The van der Waals surface area contributed by atoms with Crippen molar-refractivity contribution in [2.75, 3.05) is 0 Å². The summed E-state index contributed by atoms with van der Waals surface area (Å²) in [6.45, 7) is 29.4. The van der Waals surface area contributed by atoms with E-state index in [4.69, 9.17) is 0 Å². The van der Waals surface area contributed by atoms with Gasteiger partial charge in [0.2, 0.25) is 0 Å². The molecule has 2 nitrogen and oxygen atoms in total. The Hall–Kier alpha value is -0.0800. The molecular weight excluding hydrogens is 304 g/mol. The van der Waals surface area contributed by atoms with Gasteiger partial charge in [0.05, 0.1) is 0 Å². The van der Waals surface area contributed by atoms with Crippen LogP contribution in [0.3, 0.4) is 0 Å². The fraction of sp³-hybridized carbons (Fsp3) is 1.00. The van der Waals surface area contributed by atoms with Gasteiger partial charge in [0.15, 0.2) is 0 Å². The molecular formula is C23H48N2. The lowest BCUT2D eigenvalue weighted by molar-refractivity contribution is -0.138. The largest absolute Gasteiger partial charge is 0.290 e. The topological polar surface area (TPSA) is 6.48 Å². The molecule has 1 heterocycles. The number of rotatable bonds is 5.